The zero-order valence-corrected chi connectivity index (χ0v) is 15.5. The van der Waals surface area contributed by atoms with Gasteiger partial charge in [0.25, 0.3) is 5.91 Å². The second-order valence-corrected chi connectivity index (χ2v) is 7.46. The van der Waals surface area contributed by atoms with Crippen molar-refractivity contribution in [3.05, 3.63) is 70.3 Å². The van der Waals surface area contributed by atoms with E-state index < -0.39 is 23.5 Å². The van der Waals surface area contributed by atoms with Gasteiger partial charge in [0.15, 0.2) is 11.5 Å². The molecule has 27 heavy (non-hydrogen) atoms. The molecule has 1 aliphatic heterocycles. The van der Waals surface area contributed by atoms with Crippen LogP contribution in [-0.2, 0) is 4.79 Å². The Morgan fingerprint density at radius 2 is 1.81 bits per heavy atom. The van der Waals surface area contributed by atoms with Gasteiger partial charge in [-0.2, -0.15) is 0 Å². The van der Waals surface area contributed by atoms with Crippen LogP contribution in [0.3, 0.4) is 0 Å². The maximum Gasteiger partial charge on any atom is 0.290 e. The molecule has 6 heteroatoms. The molecule has 2 heterocycles. The Kier molecular flexibility index (Phi) is 4.79. The van der Waals surface area contributed by atoms with E-state index in [1.165, 1.54) is 12.3 Å². The first-order valence-electron chi connectivity index (χ1n) is 9.17. The Bertz CT molecular complexity index is 879. The fourth-order valence-corrected chi connectivity index (χ4v) is 4.23. The summed E-state index contributed by atoms with van der Waals surface area (Å²) in [6.45, 7) is 0. The minimum atomic E-state index is -0.643. The van der Waals surface area contributed by atoms with Gasteiger partial charge in [-0.1, -0.05) is 43.0 Å². The lowest BCUT2D eigenvalue weighted by Crippen LogP contribution is -2.41. The molecular formula is C21H20ClNO4. The molecule has 1 saturated carbocycles. The molecule has 0 radical (unpaired) electrons. The lowest BCUT2D eigenvalue weighted by molar-refractivity contribution is -0.132. The number of Topliss-reactive ketones (excluding diaryl/α,β-unsaturated/α-hetero) is 1. The molecule has 5 nitrogen and oxygen atoms in total. The van der Waals surface area contributed by atoms with Crippen molar-refractivity contribution >= 4 is 23.3 Å². The molecule has 2 aromatic rings. The molecule has 1 unspecified atom stereocenters. The van der Waals surface area contributed by atoms with Crippen LogP contribution < -0.4 is 0 Å². The van der Waals surface area contributed by atoms with E-state index in [9.17, 15) is 14.7 Å². The first-order valence-corrected chi connectivity index (χ1v) is 9.55. The minimum Gasteiger partial charge on any atom is -0.503 e. The highest BCUT2D eigenvalue weighted by molar-refractivity contribution is 6.30. The van der Waals surface area contributed by atoms with E-state index >= 15 is 0 Å². The molecule has 1 amide bonds. The third kappa shape index (κ3) is 3.16. The van der Waals surface area contributed by atoms with Crippen molar-refractivity contribution in [2.45, 2.75) is 44.2 Å². The number of rotatable bonds is 4. The Morgan fingerprint density at radius 1 is 1.11 bits per heavy atom. The SMILES string of the molecule is O=C(C1=C(O)C(=O)N(C2CCCCC2)C1c1ccc(Cl)cc1)c1ccco1. The molecule has 1 fully saturated rings. The number of aliphatic hydroxyl groups excluding tert-OH is 1. The number of nitrogens with zero attached hydrogens (tertiary/aromatic N) is 1. The summed E-state index contributed by atoms with van der Waals surface area (Å²) in [7, 11) is 0. The van der Waals surface area contributed by atoms with Gasteiger partial charge in [-0.15, -0.1) is 0 Å². The van der Waals surface area contributed by atoms with Crippen LogP contribution in [0.15, 0.2) is 58.4 Å². The quantitative estimate of drug-likeness (QED) is 0.764. The molecule has 2 aliphatic rings. The predicted octanol–water partition coefficient (Wildman–Crippen LogP) is 4.84. The van der Waals surface area contributed by atoms with Crippen LogP contribution in [0.5, 0.6) is 0 Å². The minimum absolute atomic E-state index is 0.00372. The zero-order chi connectivity index (χ0) is 19.0. The summed E-state index contributed by atoms with van der Waals surface area (Å²) < 4.78 is 5.23. The third-order valence-corrected chi connectivity index (χ3v) is 5.64. The maximum absolute atomic E-state index is 13.0. The van der Waals surface area contributed by atoms with E-state index in [2.05, 4.69) is 0 Å². The highest BCUT2D eigenvalue weighted by Gasteiger charge is 2.47. The Hall–Kier alpha value is -2.53. The average molecular weight is 386 g/mol. The van der Waals surface area contributed by atoms with Crippen LogP contribution >= 0.6 is 11.6 Å². The summed E-state index contributed by atoms with van der Waals surface area (Å²) in [6, 6.07) is 9.54. The fraction of sp³-hybridized carbons (Fsp3) is 0.333. The highest BCUT2D eigenvalue weighted by atomic mass is 35.5. The van der Waals surface area contributed by atoms with Crippen LogP contribution in [0.25, 0.3) is 0 Å². The van der Waals surface area contributed by atoms with Gasteiger partial charge in [-0.05, 0) is 42.7 Å². The summed E-state index contributed by atoms with van der Waals surface area (Å²) in [5, 5.41) is 11.2. The van der Waals surface area contributed by atoms with Gasteiger partial charge in [0.2, 0.25) is 5.78 Å². The standard InChI is InChI=1S/C21H20ClNO4/c22-14-10-8-13(9-11-14)18-17(19(24)16-7-4-12-27-16)20(25)21(26)23(18)15-5-2-1-3-6-15/h4,7-12,15,18,25H,1-3,5-6H2. The van der Waals surface area contributed by atoms with Crippen molar-refractivity contribution in [3.63, 3.8) is 0 Å². The van der Waals surface area contributed by atoms with Crippen LogP contribution in [0.1, 0.15) is 54.3 Å². The van der Waals surface area contributed by atoms with E-state index in [1.54, 1.807) is 35.2 Å². The van der Waals surface area contributed by atoms with Gasteiger partial charge in [-0.3, -0.25) is 9.59 Å². The first-order chi connectivity index (χ1) is 13.1. The summed E-state index contributed by atoms with van der Waals surface area (Å²) >= 11 is 6.02. The monoisotopic (exact) mass is 385 g/mol. The number of furan rings is 1. The summed E-state index contributed by atoms with van der Waals surface area (Å²) in [6.07, 6.45) is 6.34. The zero-order valence-electron chi connectivity index (χ0n) is 14.7. The number of carbonyl (C=O) groups excluding carboxylic acids is 2. The summed E-state index contributed by atoms with van der Waals surface area (Å²) in [5.41, 5.74) is 0.820. The molecule has 1 atom stereocenters. The number of benzene rings is 1. The van der Waals surface area contributed by atoms with Gasteiger partial charge >= 0.3 is 0 Å². The largest absolute Gasteiger partial charge is 0.503 e. The first kappa shape index (κ1) is 17.9. The molecule has 4 rings (SSSR count). The number of hydrogen-bond acceptors (Lipinski definition) is 4. The molecule has 1 aromatic carbocycles. The predicted molar refractivity (Wildman–Crippen MR) is 101 cm³/mol. The fourth-order valence-electron chi connectivity index (χ4n) is 4.10. The van der Waals surface area contributed by atoms with Crippen molar-refractivity contribution in [2.24, 2.45) is 0 Å². The molecule has 1 aliphatic carbocycles. The lowest BCUT2D eigenvalue weighted by Gasteiger charge is -2.36. The Labute approximate surface area is 162 Å². The number of halogens is 1. The van der Waals surface area contributed by atoms with Crippen LogP contribution in [0.2, 0.25) is 5.02 Å². The molecule has 0 saturated heterocycles. The van der Waals surface area contributed by atoms with E-state index in [-0.39, 0.29) is 17.4 Å². The normalized spacial score (nSPS) is 21.1. The van der Waals surface area contributed by atoms with E-state index in [0.29, 0.717) is 5.02 Å². The van der Waals surface area contributed by atoms with Crippen LogP contribution in [0.4, 0.5) is 0 Å². The van der Waals surface area contributed by atoms with Crippen molar-refractivity contribution in [2.75, 3.05) is 0 Å². The van der Waals surface area contributed by atoms with Gasteiger partial charge in [0.05, 0.1) is 17.9 Å². The molecule has 0 bridgehead atoms. The molecule has 1 N–H and O–H groups in total. The van der Waals surface area contributed by atoms with Gasteiger partial charge in [-0.25, -0.2) is 0 Å². The van der Waals surface area contributed by atoms with E-state index in [4.69, 9.17) is 16.0 Å². The second kappa shape index (κ2) is 7.24. The van der Waals surface area contributed by atoms with Crippen molar-refractivity contribution in [1.82, 2.24) is 4.90 Å². The van der Waals surface area contributed by atoms with E-state index in [1.807, 2.05) is 0 Å². The van der Waals surface area contributed by atoms with Gasteiger partial charge < -0.3 is 14.4 Å². The Morgan fingerprint density at radius 3 is 2.44 bits per heavy atom. The Balaban J connectivity index is 1.80. The van der Waals surface area contributed by atoms with E-state index in [0.717, 1.165) is 37.7 Å². The average Bonchev–Trinajstić information content (AvgIpc) is 3.31. The van der Waals surface area contributed by atoms with Crippen LogP contribution in [0, 0.1) is 0 Å². The van der Waals surface area contributed by atoms with Gasteiger partial charge in [0.1, 0.15) is 0 Å². The summed E-state index contributed by atoms with van der Waals surface area (Å²) in [5.74, 6) is -1.34. The molecule has 1 aromatic heterocycles. The molecular weight excluding hydrogens is 366 g/mol. The molecule has 0 spiro atoms. The van der Waals surface area contributed by atoms with Crippen molar-refractivity contribution in [3.8, 4) is 0 Å². The second-order valence-electron chi connectivity index (χ2n) is 7.03. The van der Waals surface area contributed by atoms with Crippen molar-refractivity contribution in [1.29, 1.82) is 0 Å². The molecule has 140 valence electrons. The van der Waals surface area contributed by atoms with Crippen molar-refractivity contribution < 1.29 is 19.1 Å². The number of ketones is 1. The topological polar surface area (TPSA) is 70.8 Å². The third-order valence-electron chi connectivity index (χ3n) is 5.39. The van der Waals surface area contributed by atoms with Gasteiger partial charge in [0, 0.05) is 11.1 Å². The number of amides is 1. The van der Waals surface area contributed by atoms with Crippen LogP contribution in [-0.4, -0.2) is 27.7 Å². The smallest absolute Gasteiger partial charge is 0.290 e. The highest BCUT2D eigenvalue weighted by Crippen LogP contribution is 2.43. The lowest BCUT2D eigenvalue weighted by atomic mass is 9.90. The number of carbonyl (C=O) groups is 2. The number of aliphatic hydroxyl groups is 1. The summed E-state index contributed by atoms with van der Waals surface area (Å²) in [4.78, 5) is 27.6. The maximum atomic E-state index is 13.0. The number of hydrogen-bond donors (Lipinski definition) is 1.